The predicted octanol–water partition coefficient (Wildman–Crippen LogP) is 3.59. The van der Waals surface area contributed by atoms with Crippen molar-refractivity contribution in [3.8, 4) is 5.75 Å². The van der Waals surface area contributed by atoms with Crippen LogP contribution in [0, 0.1) is 0 Å². The molecular formula is C15H17ClN2O. The minimum absolute atomic E-state index is 0.196. The van der Waals surface area contributed by atoms with Gasteiger partial charge in [0.2, 0.25) is 0 Å². The molecule has 0 aliphatic carbocycles. The second-order valence-corrected chi connectivity index (χ2v) is 4.73. The van der Waals surface area contributed by atoms with Gasteiger partial charge in [0, 0.05) is 18.8 Å². The lowest BCUT2D eigenvalue weighted by atomic mass is 10.1. The molecule has 1 unspecified atom stereocenters. The molecule has 2 rings (SSSR count). The summed E-state index contributed by atoms with van der Waals surface area (Å²) in [6, 6.07) is 11.9. The van der Waals surface area contributed by atoms with E-state index in [0.717, 1.165) is 17.8 Å². The van der Waals surface area contributed by atoms with Gasteiger partial charge in [0.05, 0.1) is 17.8 Å². The molecule has 4 heteroatoms. The zero-order chi connectivity index (χ0) is 13.7. The van der Waals surface area contributed by atoms with Crippen LogP contribution < -0.4 is 10.1 Å². The van der Waals surface area contributed by atoms with Crippen molar-refractivity contribution in [3.05, 3.63) is 58.9 Å². The summed E-state index contributed by atoms with van der Waals surface area (Å²) in [5.41, 5.74) is 2.15. The normalized spacial score (nSPS) is 12.2. The highest BCUT2D eigenvalue weighted by molar-refractivity contribution is 6.32. The first-order valence-electron chi connectivity index (χ1n) is 6.17. The molecule has 0 radical (unpaired) electrons. The maximum Gasteiger partial charge on any atom is 0.137 e. The number of nitrogens with one attached hydrogen (secondary N) is 1. The molecule has 0 aliphatic rings. The fraction of sp³-hybridized carbons (Fsp3) is 0.267. The number of pyridine rings is 1. The van der Waals surface area contributed by atoms with Crippen LogP contribution in [0.2, 0.25) is 5.02 Å². The van der Waals surface area contributed by atoms with E-state index in [1.807, 2.05) is 36.4 Å². The SMILES string of the molecule is COc1ccc(CNC(C)c2ccccn2)cc1Cl. The van der Waals surface area contributed by atoms with Crippen LogP contribution in [0.5, 0.6) is 5.75 Å². The van der Waals surface area contributed by atoms with Crippen LogP contribution in [0.1, 0.15) is 24.2 Å². The van der Waals surface area contributed by atoms with Gasteiger partial charge < -0.3 is 10.1 Å². The summed E-state index contributed by atoms with van der Waals surface area (Å²) in [5.74, 6) is 0.697. The van der Waals surface area contributed by atoms with E-state index in [1.54, 1.807) is 13.3 Å². The van der Waals surface area contributed by atoms with Crippen LogP contribution in [0.25, 0.3) is 0 Å². The van der Waals surface area contributed by atoms with E-state index in [0.29, 0.717) is 10.8 Å². The van der Waals surface area contributed by atoms with Gasteiger partial charge in [-0.2, -0.15) is 0 Å². The number of methoxy groups -OCH3 is 1. The van der Waals surface area contributed by atoms with Gasteiger partial charge in [0.15, 0.2) is 0 Å². The lowest BCUT2D eigenvalue weighted by Gasteiger charge is -2.13. The quantitative estimate of drug-likeness (QED) is 0.906. The second-order valence-electron chi connectivity index (χ2n) is 4.33. The molecule has 0 amide bonds. The first-order valence-corrected chi connectivity index (χ1v) is 6.55. The first kappa shape index (κ1) is 13.8. The Labute approximate surface area is 118 Å². The number of hydrogen-bond acceptors (Lipinski definition) is 3. The summed E-state index contributed by atoms with van der Waals surface area (Å²) in [6.07, 6.45) is 1.80. The lowest BCUT2D eigenvalue weighted by molar-refractivity contribution is 0.414. The topological polar surface area (TPSA) is 34.1 Å². The number of ether oxygens (including phenoxy) is 1. The van der Waals surface area contributed by atoms with E-state index < -0.39 is 0 Å². The first-order chi connectivity index (χ1) is 9.20. The fourth-order valence-electron chi connectivity index (χ4n) is 1.83. The number of hydrogen-bond donors (Lipinski definition) is 1. The number of rotatable bonds is 5. The van der Waals surface area contributed by atoms with E-state index in [9.17, 15) is 0 Å². The average molecular weight is 277 g/mol. The molecule has 1 N–H and O–H groups in total. The summed E-state index contributed by atoms with van der Waals surface area (Å²) >= 11 is 6.10. The predicted molar refractivity (Wildman–Crippen MR) is 77.5 cm³/mol. The number of aromatic nitrogens is 1. The molecule has 0 fully saturated rings. The third-order valence-electron chi connectivity index (χ3n) is 2.96. The number of benzene rings is 1. The lowest BCUT2D eigenvalue weighted by Crippen LogP contribution is -2.18. The second kappa shape index (κ2) is 6.55. The fourth-order valence-corrected chi connectivity index (χ4v) is 2.11. The van der Waals surface area contributed by atoms with Gasteiger partial charge in [-0.3, -0.25) is 4.98 Å². The Balaban J connectivity index is 1.97. The summed E-state index contributed by atoms with van der Waals surface area (Å²) in [5, 5.41) is 4.05. The Morgan fingerprint density at radius 2 is 2.16 bits per heavy atom. The average Bonchev–Trinajstić information content (AvgIpc) is 2.46. The Morgan fingerprint density at radius 1 is 1.32 bits per heavy atom. The number of halogens is 1. The van der Waals surface area contributed by atoms with Crippen molar-refractivity contribution >= 4 is 11.6 Å². The third kappa shape index (κ3) is 3.69. The highest BCUT2D eigenvalue weighted by atomic mass is 35.5. The van der Waals surface area contributed by atoms with Gasteiger partial charge in [0.25, 0.3) is 0 Å². The molecule has 0 bridgehead atoms. The molecule has 19 heavy (non-hydrogen) atoms. The summed E-state index contributed by atoms with van der Waals surface area (Å²) in [4.78, 5) is 4.33. The number of nitrogens with zero attached hydrogens (tertiary/aromatic N) is 1. The van der Waals surface area contributed by atoms with Crippen LogP contribution in [-0.4, -0.2) is 12.1 Å². The van der Waals surface area contributed by atoms with E-state index in [1.165, 1.54) is 0 Å². The summed E-state index contributed by atoms with van der Waals surface area (Å²) < 4.78 is 5.13. The van der Waals surface area contributed by atoms with Crippen molar-refractivity contribution in [1.29, 1.82) is 0 Å². The molecule has 100 valence electrons. The van der Waals surface area contributed by atoms with E-state index >= 15 is 0 Å². The largest absolute Gasteiger partial charge is 0.495 e. The van der Waals surface area contributed by atoms with Gasteiger partial charge in [-0.1, -0.05) is 23.7 Å². The maximum atomic E-state index is 6.10. The van der Waals surface area contributed by atoms with E-state index in [2.05, 4.69) is 17.2 Å². The minimum Gasteiger partial charge on any atom is -0.495 e. The van der Waals surface area contributed by atoms with Crippen LogP contribution >= 0.6 is 11.6 Å². The molecule has 0 saturated heterocycles. The van der Waals surface area contributed by atoms with Crippen LogP contribution in [0.3, 0.4) is 0 Å². The molecule has 1 aromatic carbocycles. The molecule has 1 heterocycles. The Hall–Kier alpha value is -1.58. The van der Waals surface area contributed by atoms with E-state index in [-0.39, 0.29) is 6.04 Å². The van der Waals surface area contributed by atoms with Crippen molar-refractivity contribution in [2.75, 3.05) is 7.11 Å². The van der Waals surface area contributed by atoms with Gasteiger partial charge in [-0.25, -0.2) is 0 Å². The summed E-state index contributed by atoms with van der Waals surface area (Å²) in [6.45, 7) is 2.83. The molecule has 0 aliphatic heterocycles. The minimum atomic E-state index is 0.196. The Bertz CT molecular complexity index is 531. The van der Waals surface area contributed by atoms with Gasteiger partial charge in [-0.05, 0) is 36.8 Å². The Morgan fingerprint density at radius 3 is 2.79 bits per heavy atom. The van der Waals surface area contributed by atoms with Crippen LogP contribution in [0.15, 0.2) is 42.6 Å². The highest BCUT2D eigenvalue weighted by Crippen LogP contribution is 2.25. The third-order valence-corrected chi connectivity index (χ3v) is 3.26. The van der Waals surface area contributed by atoms with Gasteiger partial charge >= 0.3 is 0 Å². The molecule has 1 aromatic heterocycles. The van der Waals surface area contributed by atoms with Crippen LogP contribution in [-0.2, 0) is 6.54 Å². The van der Waals surface area contributed by atoms with Crippen molar-refractivity contribution in [2.24, 2.45) is 0 Å². The molecular weight excluding hydrogens is 260 g/mol. The molecule has 1 atom stereocenters. The maximum absolute atomic E-state index is 6.10. The van der Waals surface area contributed by atoms with E-state index in [4.69, 9.17) is 16.3 Å². The standard InChI is InChI=1S/C15H17ClN2O/c1-11(14-5-3-4-8-17-14)18-10-12-6-7-15(19-2)13(16)9-12/h3-9,11,18H,10H2,1-2H3. The Kier molecular flexibility index (Phi) is 4.77. The monoisotopic (exact) mass is 276 g/mol. The molecule has 3 nitrogen and oxygen atoms in total. The molecule has 0 spiro atoms. The van der Waals surface area contributed by atoms with Crippen molar-refractivity contribution in [3.63, 3.8) is 0 Å². The van der Waals surface area contributed by atoms with Crippen molar-refractivity contribution < 1.29 is 4.74 Å². The zero-order valence-electron chi connectivity index (χ0n) is 11.1. The highest BCUT2D eigenvalue weighted by Gasteiger charge is 2.06. The molecule has 2 aromatic rings. The van der Waals surface area contributed by atoms with Gasteiger partial charge in [-0.15, -0.1) is 0 Å². The molecule has 0 saturated carbocycles. The van der Waals surface area contributed by atoms with Crippen molar-refractivity contribution in [2.45, 2.75) is 19.5 Å². The summed E-state index contributed by atoms with van der Waals surface area (Å²) in [7, 11) is 1.61. The zero-order valence-corrected chi connectivity index (χ0v) is 11.8. The van der Waals surface area contributed by atoms with Gasteiger partial charge in [0.1, 0.15) is 5.75 Å². The van der Waals surface area contributed by atoms with Crippen molar-refractivity contribution in [1.82, 2.24) is 10.3 Å². The van der Waals surface area contributed by atoms with Crippen LogP contribution in [0.4, 0.5) is 0 Å². The smallest absolute Gasteiger partial charge is 0.137 e.